The van der Waals surface area contributed by atoms with Gasteiger partial charge in [0.05, 0.1) is 6.54 Å². The third kappa shape index (κ3) is 3.28. The second kappa shape index (κ2) is 6.59. The molecule has 7 heteroatoms. The first-order chi connectivity index (χ1) is 12.6. The number of carbonyl (C=O) groups excluding carboxylic acids is 1. The van der Waals surface area contributed by atoms with Gasteiger partial charge in [0.2, 0.25) is 5.95 Å². The highest BCUT2D eigenvalue weighted by Gasteiger charge is 2.30. The first-order valence-electron chi connectivity index (χ1n) is 8.44. The maximum Gasteiger partial charge on any atom is 0.268 e. The molecule has 1 aliphatic rings. The van der Waals surface area contributed by atoms with Crippen molar-refractivity contribution in [3.05, 3.63) is 65.2 Å². The predicted octanol–water partition coefficient (Wildman–Crippen LogP) is 2.28. The molecule has 0 bridgehead atoms. The molecular weight excluding hydrogens is 330 g/mol. The molecule has 1 aromatic carbocycles. The Morgan fingerprint density at radius 2 is 2.19 bits per heavy atom. The van der Waals surface area contributed by atoms with Crippen molar-refractivity contribution in [3.63, 3.8) is 0 Å². The molecule has 7 nitrogen and oxygen atoms in total. The largest absolute Gasteiger partial charge is 0.480 e. The molecule has 3 aromatic rings. The van der Waals surface area contributed by atoms with Gasteiger partial charge < -0.3 is 4.74 Å². The van der Waals surface area contributed by atoms with Gasteiger partial charge in [-0.25, -0.2) is 9.67 Å². The minimum atomic E-state index is -0.559. The van der Waals surface area contributed by atoms with Crippen LogP contribution in [0.15, 0.2) is 43.0 Å². The highest BCUT2D eigenvalue weighted by atomic mass is 16.5. The zero-order valence-corrected chi connectivity index (χ0v) is 14.6. The third-order valence-electron chi connectivity index (χ3n) is 4.48. The summed E-state index contributed by atoms with van der Waals surface area (Å²) in [5.74, 6) is 0.810. The van der Waals surface area contributed by atoms with Crippen LogP contribution >= 0.6 is 0 Å². The average Bonchev–Trinajstić information content (AvgIpc) is 3.23. The zero-order chi connectivity index (χ0) is 18.1. The Balaban J connectivity index is 1.40. The smallest absolute Gasteiger partial charge is 0.268 e. The highest BCUT2D eigenvalue weighted by Crippen LogP contribution is 2.31. The normalized spacial score (nSPS) is 15.4. The minimum absolute atomic E-state index is 0.240. The molecule has 0 aliphatic carbocycles. The number of nitrogens with one attached hydrogen (secondary N) is 1. The number of aromatic nitrogens is 4. The molecule has 26 heavy (non-hydrogen) atoms. The monoisotopic (exact) mass is 349 g/mol. The molecule has 0 saturated carbocycles. The molecule has 0 radical (unpaired) electrons. The van der Waals surface area contributed by atoms with E-state index in [4.69, 9.17) is 4.74 Å². The number of nitrogens with zero attached hydrogens (tertiary/aromatic N) is 4. The van der Waals surface area contributed by atoms with E-state index in [1.54, 1.807) is 23.4 Å². The Bertz CT molecular complexity index is 921. The fraction of sp³-hybridized carbons (Fsp3) is 0.263. The van der Waals surface area contributed by atoms with Crippen molar-refractivity contribution in [1.29, 1.82) is 0 Å². The number of aryl methyl sites for hydroxylation is 2. The van der Waals surface area contributed by atoms with Crippen LogP contribution in [0.25, 0.3) is 0 Å². The molecule has 132 valence electrons. The van der Waals surface area contributed by atoms with Gasteiger partial charge >= 0.3 is 0 Å². The number of anilines is 1. The summed E-state index contributed by atoms with van der Waals surface area (Å²) >= 11 is 0. The van der Waals surface area contributed by atoms with E-state index in [0.29, 0.717) is 13.0 Å². The number of rotatable bonds is 4. The third-order valence-corrected chi connectivity index (χ3v) is 4.48. The summed E-state index contributed by atoms with van der Waals surface area (Å²) in [5, 5.41) is 7.02. The van der Waals surface area contributed by atoms with Crippen LogP contribution in [0.5, 0.6) is 5.75 Å². The zero-order valence-electron chi connectivity index (χ0n) is 14.6. The van der Waals surface area contributed by atoms with Crippen LogP contribution in [0.3, 0.4) is 0 Å². The number of benzene rings is 1. The first kappa shape index (κ1) is 16.3. The van der Waals surface area contributed by atoms with Crippen LogP contribution in [-0.2, 0) is 17.8 Å². The van der Waals surface area contributed by atoms with E-state index in [1.165, 1.54) is 5.56 Å². The van der Waals surface area contributed by atoms with Gasteiger partial charge in [-0.05, 0) is 48.2 Å². The summed E-state index contributed by atoms with van der Waals surface area (Å²) in [5.41, 5.74) is 4.42. The average molecular weight is 349 g/mol. The van der Waals surface area contributed by atoms with E-state index in [1.807, 2.05) is 25.1 Å². The molecule has 0 unspecified atom stereocenters. The van der Waals surface area contributed by atoms with Crippen molar-refractivity contribution >= 4 is 11.9 Å². The number of pyridine rings is 1. The van der Waals surface area contributed by atoms with Crippen molar-refractivity contribution in [1.82, 2.24) is 19.7 Å². The lowest BCUT2D eigenvalue weighted by Gasteiger charge is -2.09. The maximum absolute atomic E-state index is 12.5. The van der Waals surface area contributed by atoms with E-state index in [-0.39, 0.29) is 11.9 Å². The molecule has 1 amide bonds. The van der Waals surface area contributed by atoms with Gasteiger partial charge in [-0.15, -0.1) is 5.10 Å². The van der Waals surface area contributed by atoms with Gasteiger partial charge in [-0.1, -0.05) is 12.1 Å². The van der Waals surface area contributed by atoms with Crippen LogP contribution < -0.4 is 10.1 Å². The minimum Gasteiger partial charge on any atom is -0.480 e. The molecule has 1 atom stereocenters. The predicted molar refractivity (Wildman–Crippen MR) is 96.0 cm³/mol. The molecule has 0 saturated heterocycles. The van der Waals surface area contributed by atoms with Crippen LogP contribution in [-0.4, -0.2) is 31.8 Å². The topological polar surface area (TPSA) is 81.9 Å². The highest BCUT2D eigenvalue weighted by molar-refractivity contribution is 5.93. The molecule has 3 heterocycles. The van der Waals surface area contributed by atoms with Crippen molar-refractivity contribution < 1.29 is 9.53 Å². The lowest BCUT2D eigenvalue weighted by atomic mass is 10.0. The molecule has 1 N–H and O–H groups in total. The summed E-state index contributed by atoms with van der Waals surface area (Å²) in [4.78, 5) is 20.7. The van der Waals surface area contributed by atoms with E-state index >= 15 is 0 Å². The number of hydrogen-bond donors (Lipinski definition) is 1. The second-order valence-corrected chi connectivity index (χ2v) is 6.47. The number of hydrogen-bond acceptors (Lipinski definition) is 5. The van der Waals surface area contributed by atoms with Gasteiger partial charge in [-0.3, -0.25) is 15.1 Å². The molecule has 1 aliphatic heterocycles. The van der Waals surface area contributed by atoms with Gasteiger partial charge in [0.1, 0.15) is 12.1 Å². The van der Waals surface area contributed by atoms with E-state index in [0.717, 1.165) is 22.4 Å². The van der Waals surface area contributed by atoms with Crippen LogP contribution in [0.2, 0.25) is 0 Å². The lowest BCUT2D eigenvalue weighted by Crippen LogP contribution is -2.31. The van der Waals surface area contributed by atoms with Crippen LogP contribution in [0, 0.1) is 13.8 Å². The second-order valence-electron chi connectivity index (χ2n) is 6.47. The van der Waals surface area contributed by atoms with Gasteiger partial charge in [0, 0.05) is 18.8 Å². The molecule has 0 fully saturated rings. The quantitative estimate of drug-likeness (QED) is 0.781. The molecule has 4 rings (SSSR count). The first-order valence-corrected chi connectivity index (χ1v) is 8.44. The number of fused-ring (bicyclic) bond motifs is 1. The summed E-state index contributed by atoms with van der Waals surface area (Å²) < 4.78 is 7.45. The van der Waals surface area contributed by atoms with Crippen LogP contribution in [0.4, 0.5) is 5.95 Å². The number of carbonyl (C=O) groups is 1. The molecule has 0 spiro atoms. The lowest BCUT2D eigenvalue weighted by molar-refractivity contribution is -0.122. The van der Waals surface area contributed by atoms with Gasteiger partial charge in [-0.2, -0.15) is 0 Å². The SMILES string of the molecule is Cc1cc2c(cc1C)O[C@H](C(=O)Nc1ncn(Cc3cccnc3)n1)C2. The standard InChI is InChI=1S/C19H19N5O2/c1-12-6-15-8-17(26-16(15)7-13(12)2)18(25)22-19-21-11-24(23-19)10-14-4-3-5-20-9-14/h3-7,9,11,17H,8,10H2,1-2H3,(H,22,23,25)/t17-/m0/s1. The fourth-order valence-corrected chi connectivity index (χ4v) is 2.96. The van der Waals surface area contributed by atoms with Crippen molar-refractivity contribution in [2.24, 2.45) is 0 Å². The van der Waals surface area contributed by atoms with Crippen molar-refractivity contribution in [2.45, 2.75) is 32.9 Å². The summed E-state index contributed by atoms with van der Waals surface area (Å²) in [6, 6.07) is 7.89. The Morgan fingerprint density at radius 3 is 3.00 bits per heavy atom. The fourth-order valence-electron chi connectivity index (χ4n) is 2.96. The Labute approximate surface area is 151 Å². The van der Waals surface area contributed by atoms with E-state index in [9.17, 15) is 4.79 Å². The Hall–Kier alpha value is -3.22. The van der Waals surface area contributed by atoms with Gasteiger partial charge in [0.25, 0.3) is 5.91 Å². The molecular formula is C19H19N5O2. The van der Waals surface area contributed by atoms with E-state index < -0.39 is 6.10 Å². The maximum atomic E-state index is 12.5. The van der Waals surface area contributed by atoms with E-state index in [2.05, 4.69) is 33.4 Å². The molecule has 2 aromatic heterocycles. The number of amides is 1. The Kier molecular flexibility index (Phi) is 4.12. The van der Waals surface area contributed by atoms with Crippen LogP contribution in [0.1, 0.15) is 22.3 Å². The number of ether oxygens (including phenoxy) is 1. The summed E-state index contributed by atoms with van der Waals surface area (Å²) in [7, 11) is 0. The van der Waals surface area contributed by atoms with Gasteiger partial charge in [0.15, 0.2) is 6.10 Å². The summed E-state index contributed by atoms with van der Waals surface area (Å²) in [6.07, 6.45) is 5.07. The van der Waals surface area contributed by atoms with Crippen molar-refractivity contribution in [3.8, 4) is 5.75 Å². The summed E-state index contributed by atoms with van der Waals surface area (Å²) in [6.45, 7) is 4.63. The van der Waals surface area contributed by atoms with Crippen molar-refractivity contribution in [2.75, 3.05) is 5.32 Å². The Morgan fingerprint density at radius 1 is 1.35 bits per heavy atom.